The summed E-state index contributed by atoms with van der Waals surface area (Å²) in [5, 5.41) is 0. The third kappa shape index (κ3) is 4.41. The zero-order chi connectivity index (χ0) is 8.41. The van der Waals surface area contributed by atoms with E-state index in [0.29, 0.717) is 0 Å². The Labute approximate surface area is 90.0 Å². The van der Waals surface area contributed by atoms with E-state index in [2.05, 4.69) is 0 Å². The first-order valence-corrected chi connectivity index (χ1v) is 4.21. The molecule has 0 aliphatic rings. The molecule has 0 rings (SSSR count). The molecule has 0 bridgehead atoms. The van der Waals surface area contributed by atoms with Gasteiger partial charge in [-0.05, 0) is 19.9 Å². The molecular weight excluding hydrogens is 179 g/mol. The molecular formula is C4H13N2NaO3S. The van der Waals surface area contributed by atoms with Crippen LogP contribution in [0.4, 0.5) is 0 Å². The van der Waals surface area contributed by atoms with Gasteiger partial charge < -0.3 is 12.9 Å². The molecule has 5 N–H and O–H groups in total. The van der Waals surface area contributed by atoms with Gasteiger partial charge in [-0.1, -0.05) is 0 Å². The summed E-state index contributed by atoms with van der Waals surface area (Å²) in [6.45, 7) is 1.35. The molecule has 0 aliphatic carbocycles. The van der Waals surface area contributed by atoms with Gasteiger partial charge in [-0.2, -0.15) is 8.42 Å². The van der Waals surface area contributed by atoms with Crippen LogP contribution in [-0.4, -0.2) is 24.4 Å². The summed E-state index contributed by atoms with van der Waals surface area (Å²) in [5.74, 6) is 0. The van der Waals surface area contributed by atoms with E-state index in [4.69, 9.17) is 16.0 Å². The molecule has 11 heavy (non-hydrogen) atoms. The van der Waals surface area contributed by atoms with Gasteiger partial charge >= 0.3 is 29.6 Å². The largest absolute Gasteiger partial charge is 1.00 e. The summed E-state index contributed by atoms with van der Waals surface area (Å²) >= 11 is 0. The molecule has 0 amide bonds. The van der Waals surface area contributed by atoms with Crippen LogP contribution >= 0.6 is 0 Å². The predicted octanol–water partition coefficient (Wildman–Crippen LogP) is -3.99. The summed E-state index contributed by atoms with van der Waals surface area (Å²) in [6, 6.07) is 0. The predicted molar refractivity (Wildman–Crippen MR) is 38.9 cm³/mol. The van der Waals surface area contributed by atoms with Crippen molar-refractivity contribution < 1.29 is 44.0 Å². The Bertz CT molecular complexity index is 206. The van der Waals surface area contributed by atoms with Gasteiger partial charge in [0.15, 0.2) is 0 Å². The molecule has 0 fully saturated rings. The van der Waals surface area contributed by atoms with E-state index >= 15 is 0 Å². The van der Waals surface area contributed by atoms with Crippen molar-refractivity contribution in [3.63, 3.8) is 0 Å². The number of hydrogen-bond donors (Lipinski definition) is 3. The van der Waals surface area contributed by atoms with Gasteiger partial charge in [-0.15, -0.1) is 0 Å². The summed E-state index contributed by atoms with van der Waals surface area (Å²) in [7, 11) is -4.17. The molecule has 0 radical (unpaired) electrons. The van der Waals surface area contributed by atoms with Crippen LogP contribution in [0.2, 0.25) is 0 Å². The van der Waals surface area contributed by atoms with Crippen LogP contribution in [0.1, 0.15) is 14.8 Å². The third-order valence-corrected chi connectivity index (χ3v) is 2.61. The van der Waals surface area contributed by atoms with Crippen LogP contribution in [0.3, 0.4) is 0 Å². The smallest absolute Gasteiger partial charge is 1.00 e. The zero-order valence-corrected chi connectivity index (χ0v) is 9.56. The van der Waals surface area contributed by atoms with Gasteiger partial charge in [0.25, 0.3) is 10.1 Å². The molecule has 0 aromatic heterocycles. The minimum atomic E-state index is -4.17. The molecule has 0 spiro atoms. The molecule has 0 aromatic rings. The van der Waals surface area contributed by atoms with Crippen LogP contribution in [0.15, 0.2) is 0 Å². The first kappa shape index (κ1) is 14.4. The molecule has 0 aromatic carbocycles. The zero-order valence-electron chi connectivity index (χ0n) is 7.74. The Morgan fingerprint density at radius 3 is 2.09 bits per heavy atom. The average molecular weight is 192 g/mol. The molecule has 0 aliphatic heterocycles. The monoisotopic (exact) mass is 192 g/mol. The number of nitrogens with two attached hydrogens (primary N) is 2. The van der Waals surface area contributed by atoms with Crippen molar-refractivity contribution in [2.45, 2.75) is 18.2 Å². The van der Waals surface area contributed by atoms with Crippen molar-refractivity contribution >= 4 is 10.1 Å². The van der Waals surface area contributed by atoms with Crippen LogP contribution in [0.25, 0.3) is 0 Å². The van der Waals surface area contributed by atoms with E-state index in [1.54, 1.807) is 0 Å². The molecule has 1 atom stereocenters. The Morgan fingerprint density at radius 1 is 1.64 bits per heavy atom. The van der Waals surface area contributed by atoms with Crippen molar-refractivity contribution in [3.05, 3.63) is 0 Å². The van der Waals surface area contributed by atoms with Crippen LogP contribution in [0.5, 0.6) is 0 Å². The number of rotatable bonds is 3. The second kappa shape index (κ2) is 4.76. The first-order chi connectivity index (χ1) is 4.31. The van der Waals surface area contributed by atoms with Crippen LogP contribution in [-0.2, 0) is 10.1 Å². The van der Waals surface area contributed by atoms with E-state index < -0.39 is 15.0 Å². The molecule has 0 saturated heterocycles. The van der Waals surface area contributed by atoms with Gasteiger partial charge in [0, 0.05) is 0 Å². The second-order valence-corrected chi connectivity index (χ2v) is 4.21. The molecule has 0 heterocycles. The topological polar surface area (TPSA) is 106 Å². The SMILES string of the molecule is CC(N)(CCN)S(=O)(=O)O.[H-].[Na+]. The van der Waals surface area contributed by atoms with E-state index in [1.807, 2.05) is 0 Å². The van der Waals surface area contributed by atoms with E-state index in [1.165, 1.54) is 6.92 Å². The quantitative estimate of drug-likeness (QED) is 0.312. The fraction of sp³-hybridized carbons (Fsp3) is 1.00. The molecule has 1 unspecified atom stereocenters. The molecule has 5 nitrogen and oxygen atoms in total. The van der Waals surface area contributed by atoms with Crippen LogP contribution < -0.4 is 41.0 Å². The van der Waals surface area contributed by atoms with Crippen molar-refractivity contribution in [1.82, 2.24) is 0 Å². The number of hydrogen-bond acceptors (Lipinski definition) is 4. The van der Waals surface area contributed by atoms with Gasteiger partial charge in [0.05, 0.1) is 0 Å². The van der Waals surface area contributed by atoms with E-state index in [9.17, 15) is 8.42 Å². The van der Waals surface area contributed by atoms with E-state index in [0.717, 1.165) is 0 Å². The van der Waals surface area contributed by atoms with Crippen molar-refractivity contribution in [2.75, 3.05) is 6.54 Å². The van der Waals surface area contributed by atoms with Gasteiger partial charge in [-0.3, -0.25) is 4.55 Å². The summed E-state index contributed by atoms with van der Waals surface area (Å²) in [6.07, 6.45) is 0.0475. The Balaban J connectivity index is -0.000000405. The fourth-order valence-corrected chi connectivity index (χ4v) is 0.791. The fourth-order valence-electron chi connectivity index (χ4n) is 0.416. The Kier molecular flexibility index (Phi) is 6.21. The summed E-state index contributed by atoms with van der Waals surface area (Å²) < 4.78 is 29.3. The van der Waals surface area contributed by atoms with Gasteiger partial charge in [0.2, 0.25) is 0 Å². The van der Waals surface area contributed by atoms with Crippen molar-refractivity contribution in [3.8, 4) is 0 Å². The Hall–Kier alpha value is 0.830. The van der Waals surface area contributed by atoms with Crippen molar-refractivity contribution in [1.29, 1.82) is 0 Å². The normalized spacial score (nSPS) is 16.7. The Morgan fingerprint density at radius 2 is 2.00 bits per heavy atom. The van der Waals surface area contributed by atoms with Crippen LogP contribution in [0, 0.1) is 0 Å². The maximum atomic E-state index is 10.4. The first-order valence-electron chi connectivity index (χ1n) is 2.77. The van der Waals surface area contributed by atoms with Gasteiger partial charge in [0.1, 0.15) is 4.87 Å². The average Bonchev–Trinajstić information content (AvgIpc) is 1.61. The third-order valence-electron chi connectivity index (χ3n) is 1.23. The maximum absolute atomic E-state index is 10.4. The second-order valence-electron chi connectivity index (χ2n) is 2.33. The van der Waals surface area contributed by atoms with Gasteiger partial charge in [-0.25, -0.2) is 0 Å². The molecule has 7 heteroatoms. The molecule has 0 saturated carbocycles. The van der Waals surface area contributed by atoms with E-state index in [-0.39, 0.29) is 43.9 Å². The minimum Gasteiger partial charge on any atom is -1.00 e. The standard InChI is InChI=1S/C4H12N2O3S.Na.H/c1-4(6,2-3-5)10(7,8)9;;/h2-3,5-6H2,1H3,(H,7,8,9);;/q;+1;-1. The van der Waals surface area contributed by atoms with Crippen molar-refractivity contribution in [2.24, 2.45) is 11.5 Å². The maximum Gasteiger partial charge on any atom is 1.00 e. The minimum absolute atomic E-state index is 0. The summed E-state index contributed by atoms with van der Waals surface area (Å²) in [5.41, 5.74) is 10.2. The molecule has 64 valence electrons. The summed E-state index contributed by atoms with van der Waals surface area (Å²) in [4.78, 5) is -1.61.